The molecule has 0 bridgehead atoms. The molecule has 202 valence electrons. The molecule has 4 aromatic carbocycles. The van der Waals surface area contributed by atoms with Gasteiger partial charge in [0.2, 0.25) is 5.75 Å². The van der Waals surface area contributed by atoms with Gasteiger partial charge in [0.25, 0.3) is 5.56 Å². The zero-order chi connectivity index (χ0) is 28.1. The molecule has 2 N–H and O–H groups in total. The van der Waals surface area contributed by atoms with Crippen molar-refractivity contribution in [2.45, 2.75) is 6.92 Å². The van der Waals surface area contributed by atoms with Crippen molar-refractivity contribution in [3.8, 4) is 51.1 Å². The quantitative estimate of drug-likeness (QED) is 0.189. The second kappa shape index (κ2) is 11.6. The van der Waals surface area contributed by atoms with E-state index >= 15 is 0 Å². The van der Waals surface area contributed by atoms with Crippen LogP contribution in [-0.4, -0.2) is 31.5 Å². The molecule has 0 aliphatic rings. The van der Waals surface area contributed by atoms with Gasteiger partial charge in [-0.25, -0.2) is 0 Å². The van der Waals surface area contributed by atoms with Crippen molar-refractivity contribution in [2.75, 3.05) is 21.3 Å². The summed E-state index contributed by atoms with van der Waals surface area (Å²) in [6.07, 6.45) is 0. The molecule has 0 saturated carbocycles. The number of ether oxygens (including phenoxy) is 4. The predicted molar refractivity (Wildman–Crippen MR) is 154 cm³/mol. The Morgan fingerprint density at radius 3 is 1.95 bits per heavy atom. The first-order valence-corrected chi connectivity index (χ1v) is 12.5. The summed E-state index contributed by atoms with van der Waals surface area (Å²) >= 11 is 0. The molecule has 0 spiro atoms. The smallest absolute Gasteiger partial charge is 0.292 e. The van der Waals surface area contributed by atoms with Crippen LogP contribution in [0.3, 0.4) is 0 Å². The molecular weight excluding hydrogens is 508 g/mol. The molecule has 9 nitrogen and oxygen atoms in total. The molecule has 9 heteroatoms. The first-order chi connectivity index (χ1) is 19.5. The van der Waals surface area contributed by atoms with Crippen molar-refractivity contribution >= 4 is 11.4 Å². The van der Waals surface area contributed by atoms with E-state index in [1.807, 2.05) is 79.7 Å². The fourth-order valence-electron chi connectivity index (χ4n) is 4.36. The number of hydrogen-bond donors (Lipinski definition) is 2. The van der Waals surface area contributed by atoms with Crippen LogP contribution < -0.4 is 24.5 Å². The van der Waals surface area contributed by atoms with Gasteiger partial charge in [-0.1, -0.05) is 48.5 Å². The predicted octanol–water partition coefficient (Wildman–Crippen LogP) is 7.58. The molecule has 0 atom stereocenters. The Morgan fingerprint density at radius 2 is 1.32 bits per heavy atom. The number of benzene rings is 4. The number of H-pyrrole nitrogens is 2. The fourth-order valence-corrected chi connectivity index (χ4v) is 4.36. The standard InChI is InChI=1S/C31H28N4O5/c1-19-15-25(40-22-13-9-6-10-14-22)24(18-23(19)20-11-7-5-8-12-20)32-34-29-28(33-35-31(29)36)21-16-26(37-2)30(39-4)27(17-21)38-3/h5-18H,1-4H3,(H2,33,35,36). The van der Waals surface area contributed by atoms with Crippen LogP contribution in [-0.2, 0) is 0 Å². The Labute approximate surface area is 231 Å². The van der Waals surface area contributed by atoms with E-state index < -0.39 is 5.56 Å². The molecule has 5 rings (SSSR count). The van der Waals surface area contributed by atoms with Crippen LogP contribution in [0.5, 0.6) is 28.7 Å². The fraction of sp³-hybridized carbons (Fsp3) is 0.129. The van der Waals surface area contributed by atoms with E-state index in [0.717, 1.165) is 16.7 Å². The number of hydrogen-bond acceptors (Lipinski definition) is 7. The van der Waals surface area contributed by atoms with Crippen molar-refractivity contribution in [2.24, 2.45) is 10.2 Å². The number of nitrogens with one attached hydrogen (secondary N) is 2. The lowest BCUT2D eigenvalue weighted by Crippen LogP contribution is -1.97. The molecule has 1 heterocycles. The second-order valence-corrected chi connectivity index (χ2v) is 8.83. The van der Waals surface area contributed by atoms with Gasteiger partial charge in [0, 0.05) is 5.56 Å². The molecule has 0 aliphatic carbocycles. The number of nitrogens with zero attached hydrogens (tertiary/aromatic N) is 2. The van der Waals surface area contributed by atoms with Crippen molar-refractivity contribution in [3.05, 3.63) is 101 Å². The van der Waals surface area contributed by atoms with Gasteiger partial charge in [0.05, 0.1) is 27.0 Å². The molecule has 0 amide bonds. The van der Waals surface area contributed by atoms with Gasteiger partial charge < -0.3 is 18.9 Å². The minimum atomic E-state index is -0.437. The van der Waals surface area contributed by atoms with Gasteiger partial charge in [0.15, 0.2) is 22.9 Å². The Balaban J connectivity index is 1.61. The van der Waals surface area contributed by atoms with E-state index in [4.69, 9.17) is 18.9 Å². The van der Waals surface area contributed by atoms with E-state index in [-0.39, 0.29) is 5.69 Å². The van der Waals surface area contributed by atoms with Gasteiger partial charge in [-0.15, -0.1) is 10.2 Å². The van der Waals surface area contributed by atoms with E-state index in [1.165, 1.54) is 21.3 Å². The summed E-state index contributed by atoms with van der Waals surface area (Å²) in [5, 5.41) is 14.4. The third-order valence-electron chi connectivity index (χ3n) is 6.33. The van der Waals surface area contributed by atoms with Crippen LogP contribution in [0.15, 0.2) is 100.0 Å². The van der Waals surface area contributed by atoms with Gasteiger partial charge in [-0.3, -0.25) is 15.0 Å². The first kappa shape index (κ1) is 26.3. The van der Waals surface area contributed by atoms with Crippen LogP contribution in [0.4, 0.5) is 11.4 Å². The van der Waals surface area contributed by atoms with Crippen LogP contribution in [0.2, 0.25) is 0 Å². The number of aromatic amines is 2. The minimum Gasteiger partial charge on any atom is -0.493 e. The third kappa shape index (κ3) is 5.30. The van der Waals surface area contributed by atoms with Crippen molar-refractivity contribution < 1.29 is 18.9 Å². The Morgan fingerprint density at radius 1 is 0.675 bits per heavy atom. The van der Waals surface area contributed by atoms with E-state index in [2.05, 4.69) is 20.4 Å². The van der Waals surface area contributed by atoms with Crippen LogP contribution in [0.1, 0.15) is 5.56 Å². The number of aryl methyl sites for hydroxylation is 1. The van der Waals surface area contributed by atoms with Gasteiger partial charge in [0.1, 0.15) is 11.4 Å². The van der Waals surface area contributed by atoms with E-state index in [0.29, 0.717) is 45.7 Å². The molecule has 0 aliphatic heterocycles. The average Bonchev–Trinajstić information content (AvgIpc) is 3.36. The maximum atomic E-state index is 12.8. The number of methoxy groups -OCH3 is 3. The number of aromatic nitrogens is 2. The van der Waals surface area contributed by atoms with Crippen molar-refractivity contribution in [1.29, 1.82) is 0 Å². The lowest BCUT2D eigenvalue weighted by atomic mass is 9.99. The Hall–Kier alpha value is -5.31. The van der Waals surface area contributed by atoms with Crippen LogP contribution >= 0.6 is 0 Å². The van der Waals surface area contributed by atoms with Crippen molar-refractivity contribution in [3.63, 3.8) is 0 Å². The lowest BCUT2D eigenvalue weighted by Gasteiger charge is -2.14. The highest BCUT2D eigenvalue weighted by atomic mass is 16.5. The number of rotatable bonds is 9. The summed E-state index contributed by atoms with van der Waals surface area (Å²) in [7, 11) is 4.58. The molecule has 5 aromatic rings. The van der Waals surface area contributed by atoms with Gasteiger partial charge >= 0.3 is 0 Å². The monoisotopic (exact) mass is 536 g/mol. The molecule has 1 aromatic heterocycles. The minimum absolute atomic E-state index is 0.0850. The molecule has 0 radical (unpaired) electrons. The molecule has 0 unspecified atom stereocenters. The normalized spacial score (nSPS) is 11.0. The third-order valence-corrected chi connectivity index (χ3v) is 6.33. The highest BCUT2D eigenvalue weighted by Crippen LogP contribution is 2.43. The number of azo groups is 1. The summed E-state index contributed by atoms with van der Waals surface area (Å²) in [4.78, 5) is 12.8. The largest absolute Gasteiger partial charge is 0.493 e. The summed E-state index contributed by atoms with van der Waals surface area (Å²) in [5.74, 6) is 2.47. The molecule has 0 saturated heterocycles. The number of para-hydroxylation sites is 1. The summed E-state index contributed by atoms with van der Waals surface area (Å²) in [5.41, 5.74) is 4.13. The zero-order valence-corrected chi connectivity index (χ0v) is 22.5. The zero-order valence-electron chi connectivity index (χ0n) is 22.5. The van der Waals surface area contributed by atoms with Crippen LogP contribution in [0, 0.1) is 6.92 Å². The van der Waals surface area contributed by atoms with Crippen molar-refractivity contribution in [1.82, 2.24) is 10.2 Å². The molecule has 0 fully saturated rings. The lowest BCUT2D eigenvalue weighted by molar-refractivity contribution is 0.324. The SMILES string of the molecule is COc1cc(-c2[nH][nH]c(=O)c2N=Nc2cc(-c3ccccc3)c(C)cc2Oc2ccccc2)cc(OC)c1OC. The Kier molecular flexibility index (Phi) is 7.63. The van der Waals surface area contributed by atoms with Gasteiger partial charge in [-0.05, 0) is 60.0 Å². The topological polar surface area (TPSA) is 110 Å². The average molecular weight is 537 g/mol. The second-order valence-electron chi connectivity index (χ2n) is 8.83. The van der Waals surface area contributed by atoms with Gasteiger partial charge in [-0.2, -0.15) is 0 Å². The van der Waals surface area contributed by atoms with Crippen LogP contribution in [0.25, 0.3) is 22.4 Å². The van der Waals surface area contributed by atoms with E-state index in [1.54, 1.807) is 12.1 Å². The first-order valence-electron chi connectivity index (χ1n) is 12.5. The summed E-state index contributed by atoms with van der Waals surface area (Å²) < 4.78 is 22.6. The maximum absolute atomic E-state index is 12.8. The Bertz CT molecular complexity index is 1680. The highest BCUT2D eigenvalue weighted by Gasteiger charge is 2.19. The molecule has 40 heavy (non-hydrogen) atoms. The maximum Gasteiger partial charge on any atom is 0.292 e. The van der Waals surface area contributed by atoms with E-state index in [9.17, 15) is 4.79 Å². The summed E-state index contributed by atoms with van der Waals surface area (Å²) in [6, 6.07) is 26.7. The molecular formula is C31H28N4O5. The highest BCUT2D eigenvalue weighted by molar-refractivity contribution is 5.77. The summed E-state index contributed by atoms with van der Waals surface area (Å²) in [6.45, 7) is 2.01.